The fraction of sp³-hybridized carbons (Fsp3) is 0.133. The van der Waals surface area contributed by atoms with E-state index >= 15 is 0 Å². The minimum absolute atomic E-state index is 0.0796. The van der Waals surface area contributed by atoms with Crippen molar-refractivity contribution in [1.29, 1.82) is 0 Å². The number of aromatic carboxylic acids is 1. The summed E-state index contributed by atoms with van der Waals surface area (Å²) in [5.41, 5.74) is 0.628. The first-order valence-electron chi connectivity index (χ1n) is 6.00. The van der Waals surface area contributed by atoms with Crippen LogP contribution < -0.4 is 9.47 Å². The molecule has 0 unspecified atom stereocenters. The summed E-state index contributed by atoms with van der Waals surface area (Å²) in [6.07, 6.45) is 0. The van der Waals surface area contributed by atoms with Gasteiger partial charge in [-0.3, -0.25) is 0 Å². The van der Waals surface area contributed by atoms with Gasteiger partial charge in [0.2, 0.25) is 11.6 Å². The smallest absolute Gasteiger partial charge is 0.335 e. The maximum Gasteiger partial charge on any atom is 0.335 e. The first kappa shape index (κ1) is 14.8. The van der Waals surface area contributed by atoms with E-state index in [1.807, 2.05) is 0 Å². The highest BCUT2D eigenvalue weighted by molar-refractivity contribution is 5.87. The molecular formula is C15H12F2O4. The average Bonchev–Trinajstić information content (AvgIpc) is 2.49. The first-order chi connectivity index (χ1) is 10.0. The van der Waals surface area contributed by atoms with E-state index in [-0.39, 0.29) is 23.7 Å². The van der Waals surface area contributed by atoms with Crippen LogP contribution in [0.1, 0.15) is 15.9 Å². The Kier molecular flexibility index (Phi) is 4.37. The van der Waals surface area contributed by atoms with Crippen LogP contribution in [0, 0.1) is 11.6 Å². The number of carboxylic acids is 1. The van der Waals surface area contributed by atoms with Crippen molar-refractivity contribution in [2.45, 2.75) is 6.61 Å². The SMILES string of the molecule is COc1ccc(OCc2cccc(C(=O)O)c2)c(F)c1F. The molecule has 6 heteroatoms. The maximum atomic E-state index is 13.7. The molecule has 2 rings (SSSR count). The molecule has 0 aromatic heterocycles. The van der Waals surface area contributed by atoms with E-state index in [2.05, 4.69) is 4.74 Å². The number of benzene rings is 2. The summed E-state index contributed by atoms with van der Waals surface area (Å²) in [4.78, 5) is 10.8. The average molecular weight is 294 g/mol. The van der Waals surface area contributed by atoms with Gasteiger partial charge in [-0.25, -0.2) is 4.79 Å². The van der Waals surface area contributed by atoms with Gasteiger partial charge >= 0.3 is 5.97 Å². The molecule has 2 aromatic rings. The molecule has 0 radical (unpaired) electrons. The van der Waals surface area contributed by atoms with Gasteiger partial charge in [0.1, 0.15) is 6.61 Å². The van der Waals surface area contributed by atoms with Gasteiger partial charge in [0.05, 0.1) is 12.7 Å². The summed E-state index contributed by atoms with van der Waals surface area (Å²) in [7, 11) is 1.23. The summed E-state index contributed by atoms with van der Waals surface area (Å²) in [6, 6.07) is 8.51. The van der Waals surface area contributed by atoms with Crippen molar-refractivity contribution in [3.63, 3.8) is 0 Å². The van der Waals surface area contributed by atoms with E-state index in [0.29, 0.717) is 5.56 Å². The third-order valence-corrected chi connectivity index (χ3v) is 2.80. The molecule has 0 fully saturated rings. The lowest BCUT2D eigenvalue weighted by Crippen LogP contribution is -2.02. The normalized spacial score (nSPS) is 10.2. The highest BCUT2D eigenvalue weighted by Crippen LogP contribution is 2.27. The molecule has 4 nitrogen and oxygen atoms in total. The minimum atomic E-state index is -1.15. The van der Waals surface area contributed by atoms with Gasteiger partial charge in [-0.2, -0.15) is 8.78 Å². The Bertz CT molecular complexity index is 671. The molecule has 21 heavy (non-hydrogen) atoms. The summed E-state index contributed by atoms with van der Waals surface area (Å²) < 4.78 is 37.0. The molecule has 2 aromatic carbocycles. The topological polar surface area (TPSA) is 55.8 Å². The van der Waals surface area contributed by atoms with Crippen LogP contribution in [-0.4, -0.2) is 18.2 Å². The van der Waals surface area contributed by atoms with Gasteiger partial charge in [0, 0.05) is 0 Å². The van der Waals surface area contributed by atoms with Gasteiger partial charge in [0.15, 0.2) is 11.5 Å². The van der Waals surface area contributed by atoms with Gasteiger partial charge in [-0.15, -0.1) is 0 Å². The highest BCUT2D eigenvalue weighted by atomic mass is 19.2. The van der Waals surface area contributed by atoms with Gasteiger partial charge < -0.3 is 14.6 Å². The molecule has 0 bridgehead atoms. The molecule has 0 aliphatic heterocycles. The second kappa shape index (κ2) is 6.21. The maximum absolute atomic E-state index is 13.7. The molecule has 0 amide bonds. The summed E-state index contributed by atoms with van der Waals surface area (Å²) >= 11 is 0. The molecule has 0 saturated carbocycles. The Hall–Kier alpha value is -2.63. The zero-order chi connectivity index (χ0) is 15.4. The quantitative estimate of drug-likeness (QED) is 0.919. The molecule has 1 N–H and O–H groups in total. The van der Waals surface area contributed by atoms with Gasteiger partial charge in [-0.05, 0) is 29.8 Å². The van der Waals surface area contributed by atoms with Crippen LogP contribution in [0.5, 0.6) is 11.5 Å². The van der Waals surface area contributed by atoms with Gasteiger partial charge in [0.25, 0.3) is 0 Å². The zero-order valence-corrected chi connectivity index (χ0v) is 11.1. The Morgan fingerprint density at radius 2 is 1.81 bits per heavy atom. The zero-order valence-electron chi connectivity index (χ0n) is 11.1. The summed E-state index contributed by atoms with van der Waals surface area (Å²) in [6.45, 7) is -0.0796. The number of carboxylic acid groups (broad SMARTS) is 1. The fourth-order valence-corrected chi connectivity index (χ4v) is 1.74. The number of rotatable bonds is 5. The van der Waals surface area contributed by atoms with Crippen molar-refractivity contribution in [3.8, 4) is 11.5 Å². The predicted molar refractivity (Wildman–Crippen MR) is 70.6 cm³/mol. The second-order valence-corrected chi connectivity index (χ2v) is 4.19. The lowest BCUT2D eigenvalue weighted by Gasteiger charge is -2.10. The third-order valence-electron chi connectivity index (χ3n) is 2.80. The number of methoxy groups -OCH3 is 1. The molecule has 0 aliphatic carbocycles. The van der Waals surface area contributed by atoms with Crippen molar-refractivity contribution in [1.82, 2.24) is 0 Å². The molecule has 0 atom stereocenters. The molecular weight excluding hydrogens is 282 g/mol. The summed E-state index contributed by atoms with van der Waals surface area (Å²) in [5, 5.41) is 8.87. The lowest BCUT2D eigenvalue weighted by molar-refractivity contribution is 0.0696. The lowest BCUT2D eigenvalue weighted by atomic mass is 10.1. The van der Waals surface area contributed by atoms with E-state index in [1.165, 1.54) is 31.4 Å². The van der Waals surface area contributed by atoms with Crippen LogP contribution in [0.4, 0.5) is 8.78 Å². The minimum Gasteiger partial charge on any atom is -0.494 e. The van der Waals surface area contributed by atoms with Crippen LogP contribution >= 0.6 is 0 Å². The Morgan fingerprint density at radius 3 is 2.48 bits per heavy atom. The standard InChI is InChI=1S/C15H12F2O4/c1-20-11-5-6-12(14(17)13(11)16)21-8-9-3-2-4-10(7-9)15(18)19/h2-7H,8H2,1H3,(H,18,19). The largest absolute Gasteiger partial charge is 0.494 e. The number of halogens is 2. The molecule has 0 aliphatic rings. The molecule has 0 spiro atoms. The number of hydrogen-bond donors (Lipinski definition) is 1. The van der Waals surface area contributed by atoms with E-state index < -0.39 is 17.6 Å². The predicted octanol–water partition coefficient (Wildman–Crippen LogP) is 3.25. The summed E-state index contributed by atoms with van der Waals surface area (Å²) in [5.74, 6) is -3.83. The number of ether oxygens (including phenoxy) is 2. The van der Waals surface area contributed by atoms with Crippen LogP contribution in [0.25, 0.3) is 0 Å². The number of carbonyl (C=O) groups is 1. The van der Waals surface area contributed by atoms with E-state index in [0.717, 1.165) is 0 Å². The second-order valence-electron chi connectivity index (χ2n) is 4.19. The van der Waals surface area contributed by atoms with Crippen molar-refractivity contribution < 1.29 is 28.2 Å². The fourth-order valence-electron chi connectivity index (χ4n) is 1.74. The van der Waals surface area contributed by atoms with Crippen molar-refractivity contribution in [3.05, 3.63) is 59.2 Å². The third kappa shape index (κ3) is 3.28. The molecule has 110 valence electrons. The first-order valence-corrected chi connectivity index (χ1v) is 6.00. The van der Waals surface area contributed by atoms with E-state index in [9.17, 15) is 13.6 Å². The van der Waals surface area contributed by atoms with Gasteiger partial charge in [-0.1, -0.05) is 12.1 Å². The van der Waals surface area contributed by atoms with Crippen molar-refractivity contribution in [2.24, 2.45) is 0 Å². The van der Waals surface area contributed by atoms with Crippen molar-refractivity contribution >= 4 is 5.97 Å². The monoisotopic (exact) mass is 294 g/mol. The van der Waals surface area contributed by atoms with Crippen molar-refractivity contribution in [2.75, 3.05) is 7.11 Å². The van der Waals surface area contributed by atoms with E-state index in [4.69, 9.17) is 9.84 Å². The van der Waals surface area contributed by atoms with Crippen LogP contribution in [-0.2, 0) is 6.61 Å². The van der Waals surface area contributed by atoms with Crippen LogP contribution in [0.15, 0.2) is 36.4 Å². The highest BCUT2D eigenvalue weighted by Gasteiger charge is 2.15. The Labute approximate surface area is 119 Å². The number of hydrogen-bond acceptors (Lipinski definition) is 3. The molecule has 0 heterocycles. The van der Waals surface area contributed by atoms with Crippen LogP contribution in [0.2, 0.25) is 0 Å². The Balaban J connectivity index is 2.15. The Morgan fingerprint density at radius 1 is 1.14 bits per heavy atom. The molecule has 0 saturated heterocycles. The van der Waals surface area contributed by atoms with Crippen LogP contribution in [0.3, 0.4) is 0 Å². The van der Waals surface area contributed by atoms with E-state index in [1.54, 1.807) is 12.1 Å².